The summed E-state index contributed by atoms with van der Waals surface area (Å²) in [6.07, 6.45) is 0.633. The highest BCUT2D eigenvalue weighted by Gasteiger charge is 2.10. The van der Waals surface area contributed by atoms with Crippen LogP contribution in [0.15, 0.2) is 40.9 Å². The van der Waals surface area contributed by atoms with Crippen molar-refractivity contribution in [3.63, 3.8) is 0 Å². The Labute approximate surface area is 110 Å². The molecular weight excluding hydrogens is 242 g/mol. The van der Waals surface area contributed by atoms with Gasteiger partial charge in [0, 0.05) is 18.9 Å². The highest BCUT2D eigenvalue weighted by molar-refractivity contribution is 5.80. The number of pyridine rings is 1. The predicted octanol–water partition coefficient (Wildman–Crippen LogP) is 2.47. The van der Waals surface area contributed by atoms with Crippen LogP contribution in [0.5, 0.6) is 0 Å². The lowest BCUT2D eigenvalue weighted by molar-refractivity contribution is 0.199. The number of methoxy groups -OCH3 is 1. The first kappa shape index (κ1) is 11.8. The molecule has 96 valence electrons. The Morgan fingerprint density at radius 3 is 2.89 bits per heavy atom. The van der Waals surface area contributed by atoms with E-state index in [2.05, 4.69) is 15.1 Å². The van der Waals surface area contributed by atoms with Crippen LogP contribution in [0.3, 0.4) is 0 Å². The molecule has 0 spiro atoms. The van der Waals surface area contributed by atoms with Crippen LogP contribution in [0.4, 0.5) is 0 Å². The van der Waals surface area contributed by atoms with Crippen LogP contribution in [0.1, 0.15) is 5.82 Å². The molecule has 0 saturated heterocycles. The summed E-state index contributed by atoms with van der Waals surface area (Å²) >= 11 is 0. The van der Waals surface area contributed by atoms with Gasteiger partial charge in [-0.2, -0.15) is 4.98 Å². The number of fused-ring (bicyclic) bond motifs is 1. The summed E-state index contributed by atoms with van der Waals surface area (Å²) in [5.41, 5.74) is 1.60. The average molecular weight is 255 g/mol. The van der Waals surface area contributed by atoms with Crippen molar-refractivity contribution in [3.8, 4) is 11.6 Å². The predicted molar refractivity (Wildman–Crippen MR) is 70.6 cm³/mol. The summed E-state index contributed by atoms with van der Waals surface area (Å²) in [5.74, 6) is 1.07. The zero-order valence-electron chi connectivity index (χ0n) is 10.5. The first-order valence-electron chi connectivity index (χ1n) is 6.04. The normalized spacial score (nSPS) is 11.0. The fraction of sp³-hybridized carbons (Fsp3) is 0.214. The van der Waals surface area contributed by atoms with Crippen LogP contribution in [-0.4, -0.2) is 28.8 Å². The first-order chi connectivity index (χ1) is 9.36. The van der Waals surface area contributed by atoms with E-state index in [0.717, 1.165) is 10.9 Å². The molecule has 0 saturated carbocycles. The van der Waals surface area contributed by atoms with Gasteiger partial charge in [-0.25, -0.2) is 4.98 Å². The molecule has 2 aromatic heterocycles. The Morgan fingerprint density at radius 2 is 2.00 bits per heavy atom. The maximum absolute atomic E-state index is 5.22. The summed E-state index contributed by atoms with van der Waals surface area (Å²) < 4.78 is 10.2. The van der Waals surface area contributed by atoms with Gasteiger partial charge in [0.2, 0.25) is 0 Å². The number of ether oxygens (including phenoxy) is 1. The van der Waals surface area contributed by atoms with Crippen LogP contribution >= 0.6 is 0 Å². The summed E-state index contributed by atoms with van der Waals surface area (Å²) in [7, 11) is 1.64. The fourth-order valence-electron chi connectivity index (χ4n) is 1.84. The zero-order chi connectivity index (χ0) is 13.1. The molecule has 0 N–H and O–H groups in total. The van der Waals surface area contributed by atoms with Crippen molar-refractivity contribution in [1.29, 1.82) is 0 Å². The van der Waals surface area contributed by atoms with Gasteiger partial charge in [0.05, 0.1) is 12.1 Å². The number of hydrogen-bond acceptors (Lipinski definition) is 5. The van der Waals surface area contributed by atoms with Gasteiger partial charge in [-0.15, -0.1) is 0 Å². The van der Waals surface area contributed by atoms with Gasteiger partial charge in [-0.05, 0) is 12.1 Å². The van der Waals surface area contributed by atoms with Crippen molar-refractivity contribution in [2.45, 2.75) is 6.42 Å². The van der Waals surface area contributed by atoms with Crippen molar-refractivity contribution in [1.82, 2.24) is 15.1 Å². The lowest BCUT2D eigenvalue weighted by atomic mass is 10.2. The molecule has 3 rings (SSSR count). The van der Waals surface area contributed by atoms with Gasteiger partial charge in [0.25, 0.3) is 5.89 Å². The molecule has 0 fully saturated rings. The molecule has 0 radical (unpaired) electrons. The maximum atomic E-state index is 5.22. The molecule has 3 aromatic rings. The number of hydrogen-bond donors (Lipinski definition) is 0. The molecule has 0 bridgehead atoms. The SMILES string of the molecule is COCCc1noc(-c2ccc3ccccc3n2)n1. The van der Waals surface area contributed by atoms with Gasteiger partial charge < -0.3 is 9.26 Å². The zero-order valence-corrected chi connectivity index (χ0v) is 10.5. The van der Waals surface area contributed by atoms with Gasteiger partial charge in [-0.1, -0.05) is 29.4 Å². The van der Waals surface area contributed by atoms with Gasteiger partial charge in [0.1, 0.15) is 5.69 Å². The van der Waals surface area contributed by atoms with Crippen LogP contribution < -0.4 is 0 Å². The number of rotatable bonds is 4. The minimum Gasteiger partial charge on any atom is -0.384 e. The monoisotopic (exact) mass is 255 g/mol. The molecule has 0 atom stereocenters. The van der Waals surface area contributed by atoms with E-state index in [0.29, 0.717) is 30.4 Å². The molecule has 0 amide bonds. The van der Waals surface area contributed by atoms with Crippen LogP contribution in [-0.2, 0) is 11.2 Å². The van der Waals surface area contributed by atoms with Crippen molar-refractivity contribution in [3.05, 3.63) is 42.2 Å². The maximum Gasteiger partial charge on any atom is 0.276 e. The van der Waals surface area contributed by atoms with E-state index in [-0.39, 0.29) is 0 Å². The fourth-order valence-corrected chi connectivity index (χ4v) is 1.84. The van der Waals surface area contributed by atoms with E-state index in [9.17, 15) is 0 Å². The highest BCUT2D eigenvalue weighted by Crippen LogP contribution is 2.19. The van der Waals surface area contributed by atoms with Crippen LogP contribution in [0, 0.1) is 0 Å². The summed E-state index contributed by atoms with van der Waals surface area (Å²) in [4.78, 5) is 8.82. The van der Waals surface area contributed by atoms with Gasteiger partial charge in [-0.3, -0.25) is 0 Å². The van der Waals surface area contributed by atoms with Crippen molar-refractivity contribution >= 4 is 10.9 Å². The molecule has 0 unspecified atom stereocenters. The third-order valence-corrected chi connectivity index (χ3v) is 2.82. The highest BCUT2D eigenvalue weighted by atomic mass is 16.5. The molecular formula is C14H13N3O2. The van der Waals surface area contributed by atoms with Gasteiger partial charge in [0.15, 0.2) is 5.82 Å². The Kier molecular flexibility index (Phi) is 3.20. The Bertz CT molecular complexity index is 694. The lowest BCUT2D eigenvalue weighted by Gasteiger charge is -1.98. The van der Waals surface area contributed by atoms with Crippen molar-refractivity contribution < 1.29 is 9.26 Å². The topological polar surface area (TPSA) is 61.0 Å². The molecule has 0 aliphatic carbocycles. The van der Waals surface area contributed by atoms with E-state index in [1.807, 2.05) is 36.4 Å². The minimum absolute atomic E-state index is 0.442. The molecule has 19 heavy (non-hydrogen) atoms. The third kappa shape index (κ3) is 2.46. The largest absolute Gasteiger partial charge is 0.384 e. The second-order valence-corrected chi connectivity index (χ2v) is 4.15. The Hall–Kier alpha value is -2.27. The number of para-hydroxylation sites is 1. The first-order valence-corrected chi connectivity index (χ1v) is 6.04. The molecule has 0 aliphatic rings. The smallest absolute Gasteiger partial charge is 0.276 e. The Morgan fingerprint density at radius 1 is 1.11 bits per heavy atom. The third-order valence-electron chi connectivity index (χ3n) is 2.82. The molecule has 0 aliphatic heterocycles. The lowest BCUT2D eigenvalue weighted by Crippen LogP contribution is -1.96. The quantitative estimate of drug-likeness (QED) is 0.716. The van der Waals surface area contributed by atoms with Crippen molar-refractivity contribution in [2.24, 2.45) is 0 Å². The van der Waals surface area contributed by atoms with Crippen molar-refractivity contribution in [2.75, 3.05) is 13.7 Å². The summed E-state index contributed by atoms with van der Waals surface area (Å²) in [6.45, 7) is 0.574. The molecule has 1 aromatic carbocycles. The van der Waals surface area contributed by atoms with E-state index >= 15 is 0 Å². The molecule has 5 heteroatoms. The number of benzene rings is 1. The molecule has 2 heterocycles. The average Bonchev–Trinajstić information content (AvgIpc) is 2.93. The van der Waals surface area contributed by atoms with E-state index in [1.165, 1.54) is 0 Å². The summed E-state index contributed by atoms with van der Waals surface area (Å²) in [6, 6.07) is 11.8. The van der Waals surface area contributed by atoms with E-state index in [4.69, 9.17) is 9.26 Å². The van der Waals surface area contributed by atoms with Crippen LogP contribution in [0.2, 0.25) is 0 Å². The standard InChI is InChI=1S/C14H13N3O2/c1-18-9-8-13-16-14(19-17-13)12-7-6-10-4-2-3-5-11(10)15-12/h2-7H,8-9H2,1H3. The second kappa shape index (κ2) is 5.16. The second-order valence-electron chi connectivity index (χ2n) is 4.15. The van der Waals surface area contributed by atoms with E-state index < -0.39 is 0 Å². The number of nitrogens with zero attached hydrogens (tertiary/aromatic N) is 3. The van der Waals surface area contributed by atoms with E-state index in [1.54, 1.807) is 7.11 Å². The minimum atomic E-state index is 0.442. The van der Waals surface area contributed by atoms with Crippen LogP contribution in [0.25, 0.3) is 22.5 Å². The van der Waals surface area contributed by atoms with Gasteiger partial charge >= 0.3 is 0 Å². The summed E-state index contributed by atoms with van der Waals surface area (Å²) in [5, 5.41) is 4.99. The number of aromatic nitrogens is 3. The Balaban J connectivity index is 1.92. The molecule has 5 nitrogen and oxygen atoms in total.